The summed E-state index contributed by atoms with van der Waals surface area (Å²) in [6.45, 7) is 3.88. The van der Waals surface area contributed by atoms with Crippen LogP contribution in [-0.4, -0.2) is 58.7 Å². The van der Waals surface area contributed by atoms with Crippen molar-refractivity contribution in [3.05, 3.63) is 77.2 Å². The second kappa shape index (κ2) is 9.48. The van der Waals surface area contributed by atoms with Crippen molar-refractivity contribution in [1.82, 2.24) is 14.7 Å². The van der Waals surface area contributed by atoms with Gasteiger partial charge >= 0.3 is 0 Å². The highest BCUT2D eigenvalue weighted by atomic mass is 19.1. The van der Waals surface area contributed by atoms with Crippen molar-refractivity contribution in [3.63, 3.8) is 0 Å². The molecule has 1 saturated heterocycles. The highest BCUT2D eigenvalue weighted by Gasteiger charge is 2.45. The molecule has 0 bridgehead atoms. The SMILES string of the molecule is O=C1C(c2ccc(F)cc2)=C(N2CCN(Cc3ccccc3)CC2)C(=O)N1C1CCCCC1. The van der Waals surface area contributed by atoms with Crippen molar-refractivity contribution in [1.29, 1.82) is 0 Å². The molecule has 1 saturated carbocycles. The Morgan fingerprint density at radius 2 is 1.45 bits per heavy atom. The Hall–Kier alpha value is -2.99. The van der Waals surface area contributed by atoms with Crippen molar-refractivity contribution in [3.8, 4) is 0 Å². The van der Waals surface area contributed by atoms with Gasteiger partial charge in [-0.05, 0) is 36.1 Å². The molecule has 172 valence electrons. The number of hydrogen-bond acceptors (Lipinski definition) is 4. The maximum atomic E-state index is 13.7. The average molecular weight is 448 g/mol. The van der Waals surface area contributed by atoms with Gasteiger partial charge in [0.15, 0.2) is 0 Å². The van der Waals surface area contributed by atoms with Crippen LogP contribution in [0.5, 0.6) is 0 Å². The fourth-order valence-electron chi connectivity index (χ4n) is 5.35. The molecule has 2 amide bonds. The molecule has 2 aliphatic heterocycles. The van der Waals surface area contributed by atoms with Crippen LogP contribution >= 0.6 is 0 Å². The van der Waals surface area contributed by atoms with E-state index in [0.29, 0.717) is 29.9 Å². The number of imide groups is 1. The Kier molecular flexibility index (Phi) is 6.27. The number of benzene rings is 2. The van der Waals surface area contributed by atoms with Crippen molar-refractivity contribution in [2.75, 3.05) is 26.2 Å². The smallest absolute Gasteiger partial charge is 0.278 e. The molecule has 33 heavy (non-hydrogen) atoms. The van der Waals surface area contributed by atoms with Crippen LogP contribution in [0.1, 0.15) is 43.2 Å². The summed E-state index contributed by atoms with van der Waals surface area (Å²) in [6, 6.07) is 16.3. The van der Waals surface area contributed by atoms with Crippen LogP contribution in [0, 0.1) is 5.82 Å². The highest BCUT2D eigenvalue weighted by molar-refractivity contribution is 6.35. The molecule has 0 unspecified atom stereocenters. The van der Waals surface area contributed by atoms with E-state index in [1.165, 1.54) is 22.6 Å². The quantitative estimate of drug-likeness (QED) is 0.649. The number of nitrogens with zero attached hydrogens (tertiary/aromatic N) is 3. The summed E-state index contributed by atoms with van der Waals surface area (Å²) < 4.78 is 13.6. The van der Waals surface area contributed by atoms with E-state index in [-0.39, 0.29) is 23.7 Å². The van der Waals surface area contributed by atoms with E-state index in [0.717, 1.165) is 51.7 Å². The number of piperazine rings is 1. The molecule has 0 atom stereocenters. The van der Waals surface area contributed by atoms with Crippen molar-refractivity contribution < 1.29 is 14.0 Å². The highest BCUT2D eigenvalue weighted by Crippen LogP contribution is 2.36. The van der Waals surface area contributed by atoms with Gasteiger partial charge in [-0.15, -0.1) is 0 Å². The van der Waals surface area contributed by atoms with E-state index in [1.54, 1.807) is 12.1 Å². The van der Waals surface area contributed by atoms with Crippen LogP contribution in [0.25, 0.3) is 5.57 Å². The third kappa shape index (κ3) is 4.44. The molecular weight excluding hydrogens is 417 g/mol. The molecule has 6 heteroatoms. The van der Waals surface area contributed by atoms with Crippen molar-refractivity contribution in [2.24, 2.45) is 0 Å². The Balaban J connectivity index is 1.40. The van der Waals surface area contributed by atoms with Gasteiger partial charge in [-0.25, -0.2) is 4.39 Å². The second-order valence-corrected chi connectivity index (χ2v) is 9.25. The molecule has 2 fully saturated rings. The maximum Gasteiger partial charge on any atom is 0.278 e. The summed E-state index contributed by atoms with van der Waals surface area (Å²) in [6.07, 6.45) is 4.97. The standard InChI is InChI=1S/C27H30FN3O2/c28-22-13-11-21(12-14-22)24-25(27(33)31(26(24)32)23-9-5-2-6-10-23)30-17-15-29(16-18-30)19-20-7-3-1-4-8-20/h1,3-4,7-8,11-14,23H,2,5-6,9-10,15-19H2. The normalized spacial score (nSPS) is 20.8. The Bertz CT molecular complexity index is 1040. The predicted molar refractivity (Wildman–Crippen MR) is 125 cm³/mol. The number of carbonyl (C=O) groups is 2. The van der Waals surface area contributed by atoms with Gasteiger partial charge in [0.2, 0.25) is 0 Å². The minimum atomic E-state index is -0.351. The second-order valence-electron chi connectivity index (χ2n) is 9.25. The van der Waals surface area contributed by atoms with Gasteiger partial charge < -0.3 is 4.90 Å². The summed E-state index contributed by atoms with van der Waals surface area (Å²) in [4.78, 5) is 33.2. The molecule has 2 heterocycles. The molecule has 3 aliphatic rings. The monoisotopic (exact) mass is 447 g/mol. The van der Waals surface area contributed by atoms with E-state index in [2.05, 4.69) is 21.9 Å². The molecule has 5 rings (SSSR count). The summed E-state index contributed by atoms with van der Waals surface area (Å²) in [7, 11) is 0. The van der Waals surface area contributed by atoms with Crippen LogP contribution in [0.3, 0.4) is 0 Å². The van der Waals surface area contributed by atoms with Crippen LogP contribution < -0.4 is 0 Å². The average Bonchev–Trinajstić information content (AvgIpc) is 3.11. The van der Waals surface area contributed by atoms with Gasteiger partial charge in [0.1, 0.15) is 11.5 Å². The molecular formula is C27H30FN3O2. The lowest BCUT2D eigenvalue weighted by Gasteiger charge is -2.37. The van der Waals surface area contributed by atoms with E-state index in [1.807, 2.05) is 18.2 Å². The summed E-state index contributed by atoms with van der Waals surface area (Å²) in [5.41, 5.74) is 2.82. The number of amides is 2. The molecule has 0 aromatic heterocycles. The Labute approximate surface area is 194 Å². The Morgan fingerprint density at radius 1 is 0.788 bits per heavy atom. The lowest BCUT2D eigenvalue weighted by molar-refractivity contribution is -0.141. The zero-order valence-electron chi connectivity index (χ0n) is 18.9. The number of halogens is 1. The molecule has 1 aliphatic carbocycles. The van der Waals surface area contributed by atoms with Gasteiger partial charge in [0.05, 0.1) is 5.57 Å². The first-order chi connectivity index (χ1) is 16.1. The van der Waals surface area contributed by atoms with Crippen LogP contribution in [0.15, 0.2) is 60.3 Å². The van der Waals surface area contributed by atoms with E-state index in [9.17, 15) is 14.0 Å². The van der Waals surface area contributed by atoms with Gasteiger partial charge in [0.25, 0.3) is 11.8 Å². The third-order valence-corrected chi connectivity index (χ3v) is 7.10. The first-order valence-corrected chi connectivity index (χ1v) is 12.0. The number of carbonyl (C=O) groups excluding carboxylic acids is 2. The van der Waals surface area contributed by atoms with Crippen molar-refractivity contribution >= 4 is 17.4 Å². The first kappa shape index (κ1) is 21.8. The van der Waals surface area contributed by atoms with Crippen molar-refractivity contribution in [2.45, 2.75) is 44.7 Å². The molecule has 0 N–H and O–H groups in total. The summed E-state index contributed by atoms with van der Waals surface area (Å²) in [5.74, 6) is -0.751. The molecule has 0 spiro atoms. The van der Waals surface area contributed by atoms with Gasteiger partial charge in [0, 0.05) is 38.8 Å². The molecule has 0 radical (unpaired) electrons. The predicted octanol–water partition coefficient (Wildman–Crippen LogP) is 4.06. The number of hydrogen-bond donors (Lipinski definition) is 0. The molecule has 2 aromatic rings. The molecule has 5 nitrogen and oxygen atoms in total. The van der Waals surface area contributed by atoms with Gasteiger partial charge in [-0.2, -0.15) is 0 Å². The summed E-state index contributed by atoms with van der Waals surface area (Å²) >= 11 is 0. The lowest BCUT2D eigenvalue weighted by Crippen LogP contribution is -2.48. The van der Waals surface area contributed by atoms with Crippen LogP contribution in [0.2, 0.25) is 0 Å². The first-order valence-electron chi connectivity index (χ1n) is 12.0. The van der Waals surface area contributed by atoms with Gasteiger partial charge in [-0.1, -0.05) is 61.7 Å². The zero-order valence-corrected chi connectivity index (χ0v) is 18.9. The Morgan fingerprint density at radius 3 is 2.12 bits per heavy atom. The zero-order chi connectivity index (χ0) is 22.8. The van der Waals surface area contributed by atoms with E-state index in [4.69, 9.17) is 0 Å². The number of rotatable bonds is 5. The molecule has 2 aromatic carbocycles. The van der Waals surface area contributed by atoms with Crippen LogP contribution in [0.4, 0.5) is 4.39 Å². The minimum absolute atomic E-state index is 0.0360. The van der Waals surface area contributed by atoms with Crippen LogP contribution in [-0.2, 0) is 16.1 Å². The lowest BCUT2D eigenvalue weighted by atomic mass is 9.94. The third-order valence-electron chi connectivity index (χ3n) is 7.10. The van der Waals surface area contributed by atoms with E-state index >= 15 is 0 Å². The fourth-order valence-corrected chi connectivity index (χ4v) is 5.35. The topological polar surface area (TPSA) is 43.9 Å². The fraction of sp³-hybridized carbons (Fsp3) is 0.407. The van der Waals surface area contributed by atoms with E-state index < -0.39 is 0 Å². The van der Waals surface area contributed by atoms with Gasteiger partial charge in [-0.3, -0.25) is 19.4 Å². The maximum absolute atomic E-state index is 13.7. The largest absolute Gasteiger partial charge is 0.364 e. The minimum Gasteiger partial charge on any atom is -0.364 e. The summed E-state index contributed by atoms with van der Waals surface area (Å²) in [5, 5.41) is 0.